The van der Waals surface area contributed by atoms with Crippen LogP contribution >= 0.6 is 0 Å². The van der Waals surface area contributed by atoms with Crippen molar-refractivity contribution in [3.63, 3.8) is 0 Å². The number of allylic oxidation sites excluding steroid dienone is 1. The van der Waals surface area contributed by atoms with E-state index >= 15 is 0 Å². The average molecular weight is 493 g/mol. The maximum Gasteiger partial charge on any atom is 0.335 e. The Kier molecular flexibility index (Phi) is 6.45. The largest absolute Gasteiger partial charge is 0.466 e. The zero-order valence-corrected chi connectivity index (χ0v) is 20.1. The van der Waals surface area contributed by atoms with Gasteiger partial charge in [-0.3, -0.25) is 14.4 Å². The zero-order valence-electron chi connectivity index (χ0n) is 19.2. The summed E-state index contributed by atoms with van der Waals surface area (Å²) in [6.45, 7) is 1.74. The van der Waals surface area contributed by atoms with Gasteiger partial charge in [0.05, 0.1) is 17.6 Å². The second-order valence-corrected chi connectivity index (χ2v) is 9.79. The quantitative estimate of drug-likeness (QED) is 0.267. The number of hydrogen-bond donors (Lipinski definition) is 0. The first-order valence-corrected chi connectivity index (χ1v) is 12.4. The van der Waals surface area contributed by atoms with Crippen LogP contribution in [-0.4, -0.2) is 30.7 Å². The normalized spacial score (nSPS) is 15.2. The fourth-order valence-electron chi connectivity index (χ4n) is 4.76. The summed E-state index contributed by atoms with van der Waals surface area (Å²) < 4.78 is 35.0. The van der Waals surface area contributed by atoms with Gasteiger partial charge < -0.3 is 4.74 Å². The molecule has 8 nitrogen and oxygen atoms in total. The lowest BCUT2D eigenvalue weighted by molar-refractivity contribution is -0.387. The third kappa shape index (κ3) is 3.87. The molecule has 0 radical (unpaired) electrons. The molecule has 3 aromatic rings. The van der Waals surface area contributed by atoms with Gasteiger partial charge in [0.2, 0.25) is 0 Å². The van der Waals surface area contributed by atoms with Gasteiger partial charge in [0.1, 0.15) is 5.54 Å². The standard InChI is InChI=1S/C26H24N2O6S/c1-3-22-21(25(29)34-2)18-26(19-12-6-4-7-13-19,20-14-8-5-9-15-20)27(22)35(32,33)24-17-11-10-16-23(24)28(30)31/h4-17H,3,18H2,1-2H3. The summed E-state index contributed by atoms with van der Waals surface area (Å²) in [5.41, 5.74) is -0.201. The van der Waals surface area contributed by atoms with Gasteiger partial charge in [0.15, 0.2) is 4.90 Å². The van der Waals surface area contributed by atoms with Gasteiger partial charge in [-0.25, -0.2) is 13.2 Å². The van der Waals surface area contributed by atoms with Crippen LogP contribution in [-0.2, 0) is 25.1 Å². The number of hydrogen-bond acceptors (Lipinski definition) is 6. The van der Waals surface area contributed by atoms with Crippen LogP contribution in [0.2, 0.25) is 0 Å². The van der Waals surface area contributed by atoms with Gasteiger partial charge in [-0.1, -0.05) is 79.7 Å². The molecule has 0 N–H and O–H groups in total. The predicted octanol–water partition coefficient (Wildman–Crippen LogP) is 4.77. The molecule has 1 heterocycles. The molecule has 1 aliphatic heterocycles. The van der Waals surface area contributed by atoms with Crippen LogP contribution in [0.4, 0.5) is 5.69 Å². The predicted molar refractivity (Wildman–Crippen MR) is 130 cm³/mol. The van der Waals surface area contributed by atoms with Crippen LogP contribution in [0.25, 0.3) is 0 Å². The zero-order chi connectivity index (χ0) is 25.2. The Morgan fingerprint density at radius 2 is 1.49 bits per heavy atom. The van der Waals surface area contributed by atoms with Crippen molar-refractivity contribution in [1.82, 2.24) is 4.31 Å². The second kappa shape index (κ2) is 9.34. The number of benzene rings is 3. The minimum absolute atomic E-state index is 0.0106. The Balaban J connectivity index is 2.13. The first-order chi connectivity index (χ1) is 16.8. The van der Waals surface area contributed by atoms with Crippen molar-refractivity contribution >= 4 is 21.7 Å². The number of esters is 1. The highest BCUT2D eigenvalue weighted by atomic mass is 32.2. The Bertz CT molecular complexity index is 1360. The van der Waals surface area contributed by atoms with Crippen molar-refractivity contribution in [2.45, 2.75) is 30.2 Å². The average Bonchev–Trinajstić information content (AvgIpc) is 3.26. The molecule has 0 saturated carbocycles. The summed E-state index contributed by atoms with van der Waals surface area (Å²) >= 11 is 0. The van der Waals surface area contributed by atoms with Gasteiger partial charge in [0, 0.05) is 18.2 Å². The van der Waals surface area contributed by atoms with Crippen LogP contribution in [0.3, 0.4) is 0 Å². The number of methoxy groups -OCH3 is 1. The first kappa shape index (κ1) is 24.2. The summed E-state index contributed by atoms with van der Waals surface area (Å²) in [6, 6.07) is 23.2. The van der Waals surface area contributed by atoms with E-state index in [1.807, 2.05) is 12.1 Å². The molecule has 0 saturated heterocycles. The molecule has 35 heavy (non-hydrogen) atoms. The Morgan fingerprint density at radius 3 is 1.97 bits per heavy atom. The van der Waals surface area contributed by atoms with Crippen LogP contribution in [0, 0.1) is 10.1 Å². The van der Waals surface area contributed by atoms with E-state index in [-0.39, 0.29) is 24.1 Å². The molecule has 0 unspecified atom stereocenters. The van der Waals surface area contributed by atoms with Crippen molar-refractivity contribution in [3.05, 3.63) is 117 Å². The molecule has 0 amide bonds. The second-order valence-electron chi connectivity index (χ2n) is 8.03. The maximum atomic E-state index is 14.4. The summed E-state index contributed by atoms with van der Waals surface area (Å²) in [5.74, 6) is -0.640. The van der Waals surface area contributed by atoms with E-state index in [4.69, 9.17) is 4.74 Å². The van der Waals surface area contributed by atoms with Crippen molar-refractivity contribution in [2.75, 3.05) is 7.11 Å². The number of nitrogens with zero attached hydrogens (tertiary/aromatic N) is 2. The number of carbonyl (C=O) groups is 1. The van der Waals surface area contributed by atoms with E-state index in [0.29, 0.717) is 11.1 Å². The minimum atomic E-state index is -4.53. The smallest absolute Gasteiger partial charge is 0.335 e. The Hall–Kier alpha value is -3.98. The van der Waals surface area contributed by atoms with E-state index < -0.39 is 37.0 Å². The van der Waals surface area contributed by atoms with E-state index in [1.54, 1.807) is 55.5 Å². The molecule has 4 rings (SSSR count). The summed E-state index contributed by atoms with van der Waals surface area (Å²) in [7, 11) is -3.28. The minimum Gasteiger partial charge on any atom is -0.466 e. The number of ether oxygens (including phenoxy) is 1. The number of nitro groups is 1. The molecule has 1 aliphatic rings. The van der Waals surface area contributed by atoms with E-state index in [2.05, 4.69) is 0 Å². The molecule has 3 aromatic carbocycles. The molecule has 9 heteroatoms. The van der Waals surface area contributed by atoms with Gasteiger partial charge in [0.25, 0.3) is 15.7 Å². The lowest BCUT2D eigenvalue weighted by Gasteiger charge is -2.41. The first-order valence-electron chi connectivity index (χ1n) is 11.0. The number of nitro benzene ring substituents is 1. The summed E-state index contributed by atoms with van der Waals surface area (Å²) in [4.78, 5) is 23.5. The van der Waals surface area contributed by atoms with Gasteiger partial charge in [-0.15, -0.1) is 0 Å². The van der Waals surface area contributed by atoms with E-state index in [1.165, 1.54) is 29.6 Å². The lowest BCUT2D eigenvalue weighted by Crippen LogP contribution is -2.46. The number of para-hydroxylation sites is 1. The van der Waals surface area contributed by atoms with Crippen LogP contribution in [0.1, 0.15) is 30.9 Å². The highest BCUT2D eigenvalue weighted by Gasteiger charge is 2.55. The molecule has 0 spiro atoms. The molecule has 0 bridgehead atoms. The fourth-order valence-corrected chi connectivity index (χ4v) is 6.83. The lowest BCUT2D eigenvalue weighted by atomic mass is 9.80. The summed E-state index contributed by atoms with van der Waals surface area (Å²) in [5, 5.41) is 11.8. The summed E-state index contributed by atoms with van der Waals surface area (Å²) in [6.07, 6.45) is 0.197. The molecule has 0 atom stereocenters. The molecular weight excluding hydrogens is 468 g/mol. The monoisotopic (exact) mass is 492 g/mol. The molecule has 0 fully saturated rings. The van der Waals surface area contributed by atoms with Crippen molar-refractivity contribution in [2.24, 2.45) is 0 Å². The highest BCUT2D eigenvalue weighted by Crippen LogP contribution is 2.53. The molecule has 0 aromatic heterocycles. The third-order valence-corrected chi connectivity index (χ3v) is 8.14. The van der Waals surface area contributed by atoms with Crippen LogP contribution < -0.4 is 0 Å². The van der Waals surface area contributed by atoms with Crippen LogP contribution in [0.5, 0.6) is 0 Å². The van der Waals surface area contributed by atoms with Gasteiger partial charge >= 0.3 is 5.97 Å². The topological polar surface area (TPSA) is 107 Å². The van der Waals surface area contributed by atoms with Crippen LogP contribution in [0.15, 0.2) is 101 Å². The van der Waals surface area contributed by atoms with Crippen molar-refractivity contribution < 1.29 is 22.9 Å². The number of carbonyl (C=O) groups excluding carboxylic acids is 1. The Morgan fingerprint density at radius 1 is 0.971 bits per heavy atom. The van der Waals surface area contributed by atoms with Gasteiger partial charge in [-0.05, 0) is 23.6 Å². The maximum absolute atomic E-state index is 14.4. The SMILES string of the molecule is CCC1=C(C(=O)OC)CC(c2ccccc2)(c2ccccc2)N1S(=O)(=O)c1ccccc1[N+](=O)[O-]. The third-order valence-electron chi connectivity index (χ3n) is 6.22. The Labute approximate surface area is 203 Å². The van der Waals surface area contributed by atoms with Gasteiger partial charge in [-0.2, -0.15) is 0 Å². The molecular formula is C26H24N2O6S. The molecule has 0 aliphatic carbocycles. The fraction of sp³-hybridized carbons (Fsp3) is 0.192. The van der Waals surface area contributed by atoms with Crippen molar-refractivity contribution in [1.29, 1.82) is 0 Å². The van der Waals surface area contributed by atoms with E-state index in [0.717, 1.165) is 6.07 Å². The number of rotatable bonds is 7. The number of sulfonamides is 1. The van der Waals surface area contributed by atoms with Crippen molar-refractivity contribution in [3.8, 4) is 0 Å². The molecule has 180 valence electrons. The highest BCUT2D eigenvalue weighted by molar-refractivity contribution is 7.89. The van der Waals surface area contributed by atoms with E-state index in [9.17, 15) is 23.3 Å².